The number of rotatable bonds is 5. The van der Waals surface area contributed by atoms with Gasteiger partial charge in [-0.2, -0.15) is 5.10 Å². The van der Waals surface area contributed by atoms with Crippen molar-refractivity contribution in [1.29, 1.82) is 0 Å². The SMILES string of the molecule is CCn1cc(CNS(=O)(=O)c2cc(F)ccc2F)cn1. The van der Waals surface area contributed by atoms with E-state index < -0.39 is 26.6 Å². The Bertz CT molecular complexity index is 713. The first-order chi connectivity index (χ1) is 9.42. The van der Waals surface area contributed by atoms with E-state index in [1.165, 1.54) is 6.20 Å². The van der Waals surface area contributed by atoms with E-state index in [2.05, 4.69) is 9.82 Å². The largest absolute Gasteiger partial charge is 0.273 e. The predicted octanol–water partition coefficient (Wildman–Crippen LogP) is 1.66. The first-order valence-corrected chi connectivity index (χ1v) is 7.36. The van der Waals surface area contributed by atoms with E-state index in [9.17, 15) is 17.2 Å². The van der Waals surface area contributed by atoms with E-state index in [-0.39, 0.29) is 6.54 Å². The molecule has 0 saturated carbocycles. The lowest BCUT2D eigenvalue weighted by Crippen LogP contribution is -2.24. The van der Waals surface area contributed by atoms with Crippen LogP contribution in [0, 0.1) is 11.6 Å². The average molecular weight is 301 g/mol. The number of halogens is 2. The van der Waals surface area contributed by atoms with Gasteiger partial charge in [-0.05, 0) is 25.1 Å². The molecule has 0 spiro atoms. The van der Waals surface area contributed by atoms with Gasteiger partial charge in [0.2, 0.25) is 10.0 Å². The monoisotopic (exact) mass is 301 g/mol. The number of hydrogen-bond acceptors (Lipinski definition) is 3. The average Bonchev–Trinajstić information content (AvgIpc) is 2.87. The van der Waals surface area contributed by atoms with E-state index in [0.717, 1.165) is 12.1 Å². The number of hydrogen-bond donors (Lipinski definition) is 1. The third-order valence-electron chi connectivity index (χ3n) is 2.66. The number of aryl methyl sites for hydroxylation is 1. The predicted molar refractivity (Wildman–Crippen MR) is 68.3 cm³/mol. The van der Waals surface area contributed by atoms with Gasteiger partial charge in [-0.15, -0.1) is 0 Å². The first kappa shape index (κ1) is 14.6. The Balaban J connectivity index is 2.17. The van der Waals surface area contributed by atoms with Crippen LogP contribution in [0.1, 0.15) is 12.5 Å². The minimum absolute atomic E-state index is 0.0434. The molecule has 0 fully saturated rings. The Morgan fingerprint density at radius 1 is 1.35 bits per heavy atom. The number of nitrogens with zero attached hydrogens (tertiary/aromatic N) is 2. The van der Waals surface area contributed by atoms with Crippen LogP contribution in [0.2, 0.25) is 0 Å². The maximum Gasteiger partial charge on any atom is 0.243 e. The van der Waals surface area contributed by atoms with Gasteiger partial charge >= 0.3 is 0 Å². The fourth-order valence-corrected chi connectivity index (χ4v) is 2.71. The molecule has 0 bridgehead atoms. The van der Waals surface area contributed by atoms with Crippen LogP contribution in [-0.4, -0.2) is 18.2 Å². The number of aromatic nitrogens is 2. The van der Waals surface area contributed by atoms with Crippen molar-refractivity contribution in [2.45, 2.75) is 24.9 Å². The van der Waals surface area contributed by atoms with Crippen molar-refractivity contribution in [3.05, 3.63) is 47.8 Å². The smallest absolute Gasteiger partial charge is 0.243 e. The topological polar surface area (TPSA) is 64.0 Å². The highest BCUT2D eigenvalue weighted by atomic mass is 32.2. The number of sulfonamides is 1. The highest BCUT2D eigenvalue weighted by Crippen LogP contribution is 2.16. The summed E-state index contributed by atoms with van der Waals surface area (Å²) in [5, 5.41) is 3.99. The molecule has 0 radical (unpaired) electrons. The summed E-state index contributed by atoms with van der Waals surface area (Å²) in [6.07, 6.45) is 3.18. The van der Waals surface area contributed by atoms with Crippen LogP contribution in [0.25, 0.3) is 0 Å². The highest BCUT2D eigenvalue weighted by Gasteiger charge is 2.19. The van der Waals surface area contributed by atoms with Crippen LogP contribution in [0.5, 0.6) is 0 Å². The molecule has 1 aromatic heterocycles. The molecule has 5 nitrogen and oxygen atoms in total. The maximum absolute atomic E-state index is 13.4. The van der Waals surface area contributed by atoms with Gasteiger partial charge in [-0.25, -0.2) is 21.9 Å². The summed E-state index contributed by atoms with van der Waals surface area (Å²) in [7, 11) is -4.11. The van der Waals surface area contributed by atoms with E-state index in [0.29, 0.717) is 18.2 Å². The fourth-order valence-electron chi connectivity index (χ4n) is 1.61. The Morgan fingerprint density at radius 3 is 2.75 bits per heavy atom. The molecule has 0 aliphatic carbocycles. The molecule has 1 aromatic carbocycles. The highest BCUT2D eigenvalue weighted by molar-refractivity contribution is 7.89. The van der Waals surface area contributed by atoms with Crippen LogP contribution in [-0.2, 0) is 23.1 Å². The summed E-state index contributed by atoms with van der Waals surface area (Å²) < 4.78 is 54.1. The summed E-state index contributed by atoms with van der Waals surface area (Å²) in [5.41, 5.74) is 0.632. The van der Waals surface area contributed by atoms with E-state index in [4.69, 9.17) is 0 Å². The molecule has 108 valence electrons. The molecule has 0 aliphatic rings. The van der Waals surface area contributed by atoms with Gasteiger partial charge in [0.1, 0.15) is 16.5 Å². The second-order valence-corrected chi connectivity index (χ2v) is 5.84. The Morgan fingerprint density at radius 2 is 2.10 bits per heavy atom. The molecule has 1 N–H and O–H groups in total. The van der Waals surface area contributed by atoms with Crippen molar-refractivity contribution >= 4 is 10.0 Å². The second-order valence-electron chi connectivity index (χ2n) is 4.10. The van der Waals surface area contributed by atoms with Crippen LogP contribution in [0.3, 0.4) is 0 Å². The van der Waals surface area contributed by atoms with E-state index in [1.807, 2.05) is 6.92 Å². The van der Waals surface area contributed by atoms with Gasteiger partial charge in [0.15, 0.2) is 0 Å². The van der Waals surface area contributed by atoms with Crippen molar-refractivity contribution in [2.75, 3.05) is 0 Å². The van der Waals surface area contributed by atoms with Gasteiger partial charge in [-0.3, -0.25) is 4.68 Å². The minimum Gasteiger partial charge on any atom is -0.273 e. The van der Waals surface area contributed by atoms with Crippen molar-refractivity contribution in [1.82, 2.24) is 14.5 Å². The Hall–Kier alpha value is -1.80. The molecule has 0 saturated heterocycles. The molecule has 2 aromatic rings. The number of benzene rings is 1. The normalized spacial score (nSPS) is 11.8. The second kappa shape index (κ2) is 5.68. The molecule has 20 heavy (non-hydrogen) atoms. The molecule has 0 unspecified atom stereocenters. The van der Waals surface area contributed by atoms with Gasteiger partial charge in [-0.1, -0.05) is 0 Å². The van der Waals surface area contributed by atoms with Gasteiger partial charge in [0, 0.05) is 24.8 Å². The standard InChI is InChI=1S/C12H13F2N3O2S/c1-2-17-8-9(6-15-17)7-16-20(18,19)12-5-10(13)3-4-11(12)14/h3-6,8,16H,2,7H2,1H3. The van der Waals surface area contributed by atoms with Gasteiger partial charge in [0.25, 0.3) is 0 Å². The van der Waals surface area contributed by atoms with Crippen LogP contribution in [0.4, 0.5) is 8.78 Å². The lowest BCUT2D eigenvalue weighted by atomic mass is 10.3. The zero-order valence-electron chi connectivity index (χ0n) is 10.7. The zero-order chi connectivity index (χ0) is 14.8. The molecule has 1 heterocycles. The molecule has 0 atom stereocenters. The summed E-state index contributed by atoms with van der Waals surface area (Å²) in [6, 6.07) is 2.28. The molecular formula is C12H13F2N3O2S. The molecule has 0 aliphatic heterocycles. The first-order valence-electron chi connectivity index (χ1n) is 5.88. The number of nitrogens with one attached hydrogen (secondary N) is 1. The van der Waals surface area contributed by atoms with Crippen molar-refractivity contribution in [3.8, 4) is 0 Å². The van der Waals surface area contributed by atoms with Crippen molar-refractivity contribution in [3.63, 3.8) is 0 Å². The van der Waals surface area contributed by atoms with Gasteiger partial charge < -0.3 is 0 Å². The third kappa shape index (κ3) is 3.20. The van der Waals surface area contributed by atoms with Crippen molar-refractivity contribution in [2.24, 2.45) is 0 Å². The lowest BCUT2D eigenvalue weighted by Gasteiger charge is -2.06. The maximum atomic E-state index is 13.4. The van der Waals surface area contributed by atoms with Crippen LogP contribution >= 0.6 is 0 Å². The minimum atomic E-state index is -4.11. The summed E-state index contributed by atoms with van der Waals surface area (Å²) in [5.74, 6) is -1.81. The summed E-state index contributed by atoms with van der Waals surface area (Å²) >= 11 is 0. The third-order valence-corrected chi connectivity index (χ3v) is 4.08. The Kier molecular flexibility index (Phi) is 4.15. The van der Waals surface area contributed by atoms with Crippen LogP contribution in [0.15, 0.2) is 35.5 Å². The summed E-state index contributed by atoms with van der Waals surface area (Å²) in [6.45, 7) is 2.51. The lowest BCUT2D eigenvalue weighted by molar-refractivity contribution is 0.545. The summed E-state index contributed by atoms with van der Waals surface area (Å²) in [4.78, 5) is -0.708. The van der Waals surface area contributed by atoms with E-state index >= 15 is 0 Å². The zero-order valence-corrected chi connectivity index (χ0v) is 11.5. The van der Waals surface area contributed by atoms with Crippen LogP contribution < -0.4 is 4.72 Å². The van der Waals surface area contributed by atoms with Gasteiger partial charge in [0.05, 0.1) is 6.20 Å². The molecule has 8 heteroatoms. The molecule has 0 amide bonds. The molecular weight excluding hydrogens is 288 g/mol. The van der Waals surface area contributed by atoms with E-state index in [1.54, 1.807) is 10.9 Å². The Labute approximate surface area is 115 Å². The fraction of sp³-hybridized carbons (Fsp3) is 0.250. The molecule has 2 rings (SSSR count). The quantitative estimate of drug-likeness (QED) is 0.913. The van der Waals surface area contributed by atoms with Crippen molar-refractivity contribution < 1.29 is 17.2 Å².